The van der Waals surface area contributed by atoms with Crippen LogP contribution in [0, 0.1) is 11.8 Å². The molecule has 0 aliphatic carbocycles. The van der Waals surface area contributed by atoms with Gasteiger partial charge in [0.1, 0.15) is 24.2 Å². The summed E-state index contributed by atoms with van der Waals surface area (Å²) in [6.07, 6.45) is -0.560. The number of carbonyl (C=O) groups is 4. The highest BCUT2D eigenvalue weighted by Crippen LogP contribution is 2.09. The van der Waals surface area contributed by atoms with Gasteiger partial charge in [0.05, 0.1) is 6.10 Å². The van der Waals surface area contributed by atoms with Crippen LogP contribution in [0.2, 0.25) is 0 Å². The first-order valence-electron chi connectivity index (χ1n) is 9.55. The summed E-state index contributed by atoms with van der Waals surface area (Å²) in [5.41, 5.74) is 5.58. The van der Waals surface area contributed by atoms with E-state index in [9.17, 15) is 29.4 Å². The fraction of sp³-hybridized carbons (Fsp3) is 0.778. The van der Waals surface area contributed by atoms with Crippen LogP contribution in [0.15, 0.2) is 0 Å². The van der Waals surface area contributed by atoms with Crippen LogP contribution in [0.1, 0.15) is 41.0 Å². The van der Waals surface area contributed by atoms with Crippen LogP contribution < -0.4 is 21.7 Å². The van der Waals surface area contributed by atoms with Crippen molar-refractivity contribution in [1.29, 1.82) is 0 Å². The molecule has 168 valence electrons. The van der Waals surface area contributed by atoms with Gasteiger partial charge >= 0.3 is 5.97 Å². The molecule has 0 aliphatic rings. The average molecular weight is 435 g/mol. The van der Waals surface area contributed by atoms with E-state index in [-0.39, 0.29) is 17.6 Å². The fourth-order valence-corrected chi connectivity index (χ4v) is 2.65. The minimum Gasteiger partial charge on any atom is -0.480 e. The molecule has 0 rings (SSSR count). The van der Waals surface area contributed by atoms with Crippen molar-refractivity contribution in [1.82, 2.24) is 16.0 Å². The number of aliphatic hydroxyl groups excluding tert-OH is 1. The number of thiol groups is 1. The summed E-state index contributed by atoms with van der Waals surface area (Å²) in [5, 5.41) is 26.1. The van der Waals surface area contributed by atoms with E-state index >= 15 is 0 Å². The van der Waals surface area contributed by atoms with Gasteiger partial charge in [-0.05, 0) is 18.8 Å². The molecule has 11 heteroatoms. The normalized spacial score (nSPS) is 17.4. The van der Waals surface area contributed by atoms with Crippen LogP contribution in [0.3, 0.4) is 0 Å². The maximum absolute atomic E-state index is 12.6. The van der Waals surface area contributed by atoms with E-state index in [0.717, 1.165) is 0 Å². The van der Waals surface area contributed by atoms with Crippen molar-refractivity contribution in [3.8, 4) is 0 Å². The molecule has 10 nitrogen and oxygen atoms in total. The zero-order valence-corrected chi connectivity index (χ0v) is 18.4. The molecule has 0 aromatic rings. The smallest absolute Gasteiger partial charge is 0.326 e. The van der Waals surface area contributed by atoms with E-state index in [0.29, 0.717) is 6.42 Å². The van der Waals surface area contributed by atoms with E-state index in [1.54, 1.807) is 27.7 Å². The molecule has 0 spiro atoms. The number of nitrogens with two attached hydrogens (primary N) is 1. The lowest BCUT2D eigenvalue weighted by Gasteiger charge is -2.27. The van der Waals surface area contributed by atoms with Crippen molar-refractivity contribution >= 4 is 36.3 Å². The molecule has 3 amide bonds. The number of carboxylic acids is 1. The van der Waals surface area contributed by atoms with Gasteiger partial charge < -0.3 is 31.9 Å². The Hall–Kier alpha value is -1.85. The molecule has 0 aromatic heterocycles. The van der Waals surface area contributed by atoms with Gasteiger partial charge in [-0.25, -0.2) is 4.79 Å². The SMILES string of the molecule is CCC(C)C(NC(=O)C(CS)NC(=O)C(NC(=O)C(N)C(C)O)C(C)C)C(=O)O. The molecule has 29 heavy (non-hydrogen) atoms. The summed E-state index contributed by atoms with van der Waals surface area (Å²) in [4.78, 5) is 48.6. The predicted octanol–water partition coefficient (Wildman–Crippen LogP) is -1.13. The maximum Gasteiger partial charge on any atom is 0.326 e. The summed E-state index contributed by atoms with van der Waals surface area (Å²) in [6.45, 7) is 8.24. The van der Waals surface area contributed by atoms with Gasteiger partial charge in [0.15, 0.2) is 0 Å². The first-order chi connectivity index (χ1) is 13.4. The molecule has 0 saturated carbocycles. The molecular weight excluding hydrogens is 400 g/mol. The minimum absolute atomic E-state index is 0.0730. The van der Waals surface area contributed by atoms with Gasteiger partial charge in [-0.2, -0.15) is 12.6 Å². The number of nitrogens with one attached hydrogen (secondary N) is 3. The molecule has 0 bridgehead atoms. The molecular formula is C18H34N4O6S. The number of aliphatic carboxylic acids is 1. The number of carboxylic acid groups (broad SMARTS) is 1. The first kappa shape index (κ1) is 27.1. The number of carbonyl (C=O) groups excluding carboxylic acids is 3. The van der Waals surface area contributed by atoms with Crippen molar-refractivity contribution in [3.63, 3.8) is 0 Å². The monoisotopic (exact) mass is 434 g/mol. The third-order valence-electron chi connectivity index (χ3n) is 4.66. The Bertz CT molecular complexity index is 587. The second-order valence-corrected chi connectivity index (χ2v) is 7.82. The summed E-state index contributed by atoms with van der Waals surface area (Å²) >= 11 is 4.06. The molecule has 0 aromatic carbocycles. The standard InChI is InChI=1S/C18H34N4O6S/c1-6-9(4)14(18(27)28)22-15(24)11(7-29)20-17(26)13(8(2)3)21-16(25)12(19)10(5)23/h8-14,23,29H,6-7,19H2,1-5H3,(H,20,26)(H,21,25)(H,22,24)(H,27,28). The lowest BCUT2D eigenvalue weighted by molar-refractivity contribution is -0.143. The number of hydrogen-bond donors (Lipinski definition) is 7. The molecule has 0 aliphatic heterocycles. The van der Waals surface area contributed by atoms with Crippen molar-refractivity contribution in [2.24, 2.45) is 17.6 Å². The summed E-state index contributed by atoms with van der Waals surface area (Å²) < 4.78 is 0. The Morgan fingerprint density at radius 3 is 1.83 bits per heavy atom. The Balaban J connectivity index is 5.22. The van der Waals surface area contributed by atoms with E-state index < -0.39 is 54.0 Å². The second kappa shape index (κ2) is 12.7. The molecule has 0 saturated heterocycles. The molecule has 6 unspecified atom stereocenters. The minimum atomic E-state index is -1.21. The van der Waals surface area contributed by atoms with Gasteiger partial charge in [-0.1, -0.05) is 34.1 Å². The lowest BCUT2D eigenvalue weighted by atomic mass is 9.99. The van der Waals surface area contributed by atoms with E-state index in [1.807, 2.05) is 0 Å². The third-order valence-corrected chi connectivity index (χ3v) is 5.03. The number of rotatable bonds is 12. The highest BCUT2D eigenvalue weighted by Gasteiger charge is 2.32. The maximum atomic E-state index is 12.6. The van der Waals surface area contributed by atoms with E-state index in [4.69, 9.17) is 5.73 Å². The molecule has 7 N–H and O–H groups in total. The van der Waals surface area contributed by atoms with Crippen LogP contribution in [0.4, 0.5) is 0 Å². The quantitative estimate of drug-likeness (QED) is 0.190. The zero-order chi connectivity index (χ0) is 22.9. The van der Waals surface area contributed by atoms with Gasteiger partial charge in [0.25, 0.3) is 0 Å². The first-order valence-corrected chi connectivity index (χ1v) is 10.2. The molecule has 0 radical (unpaired) electrons. The summed E-state index contributed by atoms with van der Waals surface area (Å²) in [6, 6.07) is -4.41. The van der Waals surface area contributed by atoms with Gasteiger partial charge in [0.2, 0.25) is 17.7 Å². The zero-order valence-electron chi connectivity index (χ0n) is 17.5. The van der Waals surface area contributed by atoms with Gasteiger partial charge in [-0.3, -0.25) is 14.4 Å². The summed E-state index contributed by atoms with van der Waals surface area (Å²) in [7, 11) is 0. The van der Waals surface area contributed by atoms with Crippen molar-refractivity contribution in [2.75, 3.05) is 5.75 Å². The van der Waals surface area contributed by atoms with Gasteiger partial charge in [0, 0.05) is 5.75 Å². The molecule has 6 atom stereocenters. The second-order valence-electron chi connectivity index (χ2n) is 7.45. The molecule has 0 heterocycles. The van der Waals surface area contributed by atoms with Crippen molar-refractivity contribution in [3.05, 3.63) is 0 Å². The Morgan fingerprint density at radius 1 is 0.931 bits per heavy atom. The Kier molecular flexibility index (Phi) is 11.8. The van der Waals surface area contributed by atoms with E-state index in [2.05, 4.69) is 28.6 Å². The number of aliphatic hydroxyl groups is 1. The lowest BCUT2D eigenvalue weighted by Crippen LogP contribution is -2.60. The van der Waals surface area contributed by atoms with Crippen LogP contribution in [-0.2, 0) is 19.2 Å². The predicted molar refractivity (Wildman–Crippen MR) is 111 cm³/mol. The van der Waals surface area contributed by atoms with Crippen LogP contribution in [0.25, 0.3) is 0 Å². The topological polar surface area (TPSA) is 171 Å². The van der Waals surface area contributed by atoms with Gasteiger partial charge in [-0.15, -0.1) is 0 Å². The number of amides is 3. The highest BCUT2D eigenvalue weighted by atomic mass is 32.1. The third kappa shape index (κ3) is 8.58. The Morgan fingerprint density at radius 2 is 1.45 bits per heavy atom. The highest BCUT2D eigenvalue weighted by molar-refractivity contribution is 7.80. The average Bonchev–Trinajstić information content (AvgIpc) is 2.65. The fourth-order valence-electron chi connectivity index (χ4n) is 2.40. The largest absolute Gasteiger partial charge is 0.480 e. The Labute approximate surface area is 176 Å². The van der Waals surface area contributed by atoms with Crippen LogP contribution in [-0.4, -0.2) is 69.9 Å². The number of hydrogen-bond acceptors (Lipinski definition) is 7. The summed E-state index contributed by atoms with van der Waals surface area (Å²) in [5.74, 6) is -3.92. The van der Waals surface area contributed by atoms with Crippen molar-refractivity contribution in [2.45, 2.75) is 71.3 Å². The molecule has 0 fully saturated rings. The van der Waals surface area contributed by atoms with Crippen LogP contribution >= 0.6 is 12.6 Å². The van der Waals surface area contributed by atoms with Crippen molar-refractivity contribution < 1.29 is 29.4 Å². The van der Waals surface area contributed by atoms with E-state index in [1.165, 1.54) is 6.92 Å². The van der Waals surface area contributed by atoms with Crippen LogP contribution in [0.5, 0.6) is 0 Å².